The van der Waals surface area contributed by atoms with E-state index in [1.54, 1.807) is 17.7 Å². The van der Waals surface area contributed by atoms with E-state index in [1.165, 1.54) is 4.31 Å². The largest absolute Gasteiger partial charge is 0.392 e. The Labute approximate surface area is 119 Å². The van der Waals surface area contributed by atoms with Crippen LogP contribution in [0.25, 0.3) is 0 Å². The number of hydrogen-bond donors (Lipinski definition) is 1. The van der Waals surface area contributed by atoms with Gasteiger partial charge in [-0.25, -0.2) is 13.4 Å². The summed E-state index contributed by atoms with van der Waals surface area (Å²) in [5.74, 6) is 0.674. The SMILES string of the molecule is CCCN(CC(N)=S)S(=O)(=O)c1cn(CC)c(C)n1. The van der Waals surface area contributed by atoms with Crippen LogP contribution in [0.5, 0.6) is 0 Å². The van der Waals surface area contributed by atoms with E-state index in [-0.39, 0.29) is 16.6 Å². The van der Waals surface area contributed by atoms with Gasteiger partial charge in [0.15, 0.2) is 5.03 Å². The van der Waals surface area contributed by atoms with E-state index in [0.29, 0.717) is 25.3 Å². The molecule has 0 atom stereocenters. The van der Waals surface area contributed by atoms with Gasteiger partial charge in [0, 0.05) is 19.3 Å². The lowest BCUT2D eigenvalue weighted by molar-refractivity contribution is 0.447. The smallest absolute Gasteiger partial charge is 0.262 e. The molecule has 0 aliphatic carbocycles. The third-order valence-corrected chi connectivity index (χ3v) is 4.55. The molecule has 19 heavy (non-hydrogen) atoms. The molecule has 0 amide bonds. The summed E-state index contributed by atoms with van der Waals surface area (Å²) >= 11 is 4.80. The number of aromatic nitrogens is 2. The second-order valence-corrected chi connectivity index (χ2v) is 6.63. The van der Waals surface area contributed by atoms with Crippen LogP contribution in [0.4, 0.5) is 0 Å². The van der Waals surface area contributed by atoms with Gasteiger partial charge in [-0.05, 0) is 20.3 Å². The molecule has 0 spiro atoms. The van der Waals surface area contributed by atoms with Crippen LogP contribution >= 0.6 is 12.2 Å². The fraction of sp³-hybridized carbons (Fsp3) is 0.636. The molecular formula is C11H20N4O2S2. The Morgan fingerprint density at radius 1 is 1.53 bits per heavy atom. The minimum atomic E-state index is -3.64. The molecule has 1 aromatic heterocycles. The van der Waals surface area contributed by atoms with Crippen LogP contribution < -0.4 is 5.73 Å². The molecule has 0 fully saturated rings. The molecule has 1 heterocycles. The van der Waals surface area contributed by atoms with Crippen LogP contribution in [0, 0.1) is 6.92 Å². The van der Waals surface area contributed by atoms with E-state index in [9.17, 15) is 8.42 Å². The summed E-state index contributed by atoms with van der Waals surface area (Å²) < 4.78 is 28.0. The first kappa shape index (κ1) is 16.1. The van der Waals surface area contributed by atoms with Gasteiger partial charge in [0.25, 0.3) is 10.0 Å². The van der Waals surface area contributed by atoms with Crippen LogP contribution in [0.15, 0.2) is 11.2 Å². The molecule has 8 heteroatoms. The second kappa shape index (κ2) is 6.44. The van der Waals surface area contributed by atoms with Crippen LogP contribution in [-0.4, -0.2) is 40.4 Å². The molecule has 108 valence electrons. The molecule has 0 radical (unpaired) electrons. The Morgan fingerprint density at radius 3 is 2.58 bits per heavy atom. The van der Waals surface area contributed by atoms with Crippen molar-refractivity contribution in [1.82, 2.24) is 13.9 Å². The van der Waals surface area contributed by atoms with E-state index in [0.717, 1.165) is 0 Å². The van der Waals surface area contributed by atoms with Crippen LogP contribution in [0.3, 0.4) is 0 Å². The normalized spacial score (nSPS) is 12.0. The lowest BCUT2D eigenvalue weighted by Crippen LogP contribution is -2.38. The van der Waals surface area contributed by atoms with Gasteiger partial charge in [-0.3, -0.25) is 0 Å². The highest BCUT2D eigenvalue weighted by Gasteiger charge is 2.27. The van der Waals surface area contributed by atoms with Crippen molar-refractivity contribution >= 4 is 27.2 Å². The fourth-order valence-electron chi connectivity index (χ4n) is 1.76. The fourth-order valence-corrected chi connectivity index (χ4v) is 3.51. The Balaban J connectivity index is 3.14. The molecule has 2 N–H and O–H groups in total. The highest BCUT2D eigenvalue weighted by Crippen LogP contribution is 2.15. The molecule has 0 saturated heterocycles. The van der Waals surface area contributed by atoms with Crippen molar-refractivity contribution in [2.45, 2.75) is 38.8 Å². The van der Waals surface area contributed by atoms with Crippen molar-refractivity contribution in [3.05, 3.63) is 12.0 Å². The minimum absolute atomic E-state index is 0.0452. The van der Waals surface area contributed by atoms with Gasteiger partial charge in [-0.2, -0.15) is 4.31 Å². The first-order valence-electron chi connectivity index (χ1n) is 6.15. The number of aryl methyl sites for hydroxylation is 2. The van der Waals surface area contributed by atoms with Crippen molar-refractivity contribution < 1.29 is 8.42 Å². The van der Waals surface area contributed by atoms with E-state index in [2.05, 4.69) is 4.98 Å². The number of rotatable bonds is 7. The molecule has 0 aliphatic rings. The molecular weight excluding hydrogens is 284 g/mol. The summed E-state index contributed by atoms with van der Waals surface area (Å²) in [5, 5.41) is 0.0524. The van der Waals surface area contributed by atoms with E-state index >= 15 is 0 Å². The first-order chi connectivity index (χ1) is 8.82. The quantitative estimate of drug-likeness (QED) is 0.757. The third kappa shape index (κ3) is 3.74. The summed E-state index contributed by atoms with van der Waals surface area (Å²) in [7, 11) is -3.64. The topological polar surface area (TPSA) is 81.2 Å². The zero-order valence-corrected chi connectivity index (χ0v) is 13.1. The predicted octanol–water partition coefficient (Wildman–Crippen LogP) is 0.898. The van der Waals surface area contributed by atoms with Crippen molar-refractivity contribution in [2.75, 3.05) is 13.1 Å². The van der Waals surface area contributed by atoms with E-state index < -0.39 is 10.0 Å². The van der Waals surface area contributed by atoms with Crippen molar-refractivity contribution in [1.29, 1.82) is 0 Å². The van der Waals surface area contributed by atoms with Crippen molar-refractivity contribution in [3.63, 3.8) is 0 Å². The number of sulfonamides is 1. The van der Waals surface area contributed by atoms with Gasteiger partial charge >= 0.3 is 0 Å². The van der Waals surface area contributed by atoms with Gasteiger partial charge in [-0.15, -0.1) is 0 Å². The van der Waals surface area contributed by atoms with Gasteiger partial charge in [0.1, 0.15) is 5.82 Å². The Morgan fingerprint density at radius 2 is 2.16 bits per heavy atom. The average molecular weight is 304 g/mol. The molecule has 1 aromatic rings. The molecule has 0 unspecified atom stereocenters. The molecule has 1 rings (SSSR count). The standard InChI is InChI=1S/C11H20N4O2S2/c1-4-6-15(7-10(12)18)19(16,17)11-8-14(5-2)9(3)13-11/h8H,4-7H2,1-3H3,(H2,12,18). The van der Waals surface area contributed by atoms with Crippen LogP contribution in [-0.2, 0) is 16.6 Å². The summed E-state index contributed by atoms with van der Waals surface area (Å²) in [4.78, 5) is 4.27. The molecule has 6 nitrogen and oxygen atoms in total. The highest BCUT2D eigenvalue weighted by atomic mass is 32.2. The number of nitrogens with two attached hydrogens (primary N) is 1. The van der Waals surface area contributed by atoms with Gasteiger partial charge in [0.2, 0.25) is 0 Å². The van der Waals surface area contributed by atoms with Gasteiger partial charge < -0.3 is 10.3 Å². The molecule has 0 saturated carbocycles. The zero-order valence-electron chi connectivity index (χ0n) is 11.5. The summed E-state index contributed by atoms with van der Waals surface area (Å²) in [6.45, 7) is 6.71. The lowest BCUT2D eigenvalue weighted by Gasteiger charge is -2.19. The molecule has 0 aromatic carbocycles. The highest BCUT2D eigenvalue weighted by molar-refractivity contribution is 7.89. The molecule has 0 bridgehead atoms. The Hall–Kier alpha value is -0.990. The maximum atomic E-state index is 12.5. The van der Waals surface area contributed by atoms with Crippen LogP contribution in [0.2, 0.25) is 0 Å². The number of imidazole rings is 1. The average Bonchev–Trinajstić information content (AvgIpc) is 2.70. The van der Waals surface area contributed by atoms with E-state index in [1.807, 2.05) is 13.8 Å². The predicted molar refractivity (Wildman–Crippen MR) is 78.5 cm³/mol. The molecule has 0 aliphatic heterocycles. The van der Waals surface area contributed by atoms with E-state index in [4.69, 9.17) is 18.0 Å². The maximum absolute atomic E-state index is 12.5. The summed E-state index contributed by atoms with van der Waals surface area (Å²) in [5.41, 5.74) is 5.46. The Kier molecular flexibility index (Phi) is 5.45. The van der Waals surface area contributed by atoms with Crippen LogP contribution in [0.1, 0.15) is 26.1 Å². The number of thiocarbonyl (C=S) groups is 1. The van der Waals surface area contributed by atoms with Gasteiger partial charge in [0.05, 0.1) is 11.5 Å². The number of hydrogen-bond acceptors (Lipinski definition) is 4. The van der Waals surface area contributed by atoms with Crippen molar-refractivity contribution in [3.8, 4) is 0 Å². The summed E-state index contributed by atoms with van der Waals surface area (Å²) in [6, 6.07) is 0. The minimum Gasteiger partial charge on any atom is -0.392 e. The zero-order chi connectivity index (χ0) is 14.6. The second-order valence-electron chi connectivity index (χ2n) is 4.22. The maximum Gasteiger partial charge on any atom is 0.262 e. The van der Waals surface area contributed by atoms with Gasteiger partial charge in [-0.1, -0.05) is 19.1 Å². The first-order valence-corrected chi connectivity index (χ1v) is 8.00. The summed E-state index contributed by atoms with van der Waals surface area (Å²) in [6.07, 6.45) is 2.24. The lowest BCUT2D eigenvalue weighted by atomic mass is 10.5. The Bertz CT molecular complexity index is 551. The third-order valence-electron chi connectivity index (χ3n) is 2.70. The van der Waals surface area contributed by atoms with Crippen molar-refractivity contribution in [2.24, 2.45) is 5.73 Å². The monoisotopic (exact) mass is 304 g/mol. The number of nitrogens with zero attached hydrogens (tertiary/aromatic N) is 3.